The molecule has 0 saturated carbocycles. The van der Waals surface area contributed by atoms with Gasteiger partial charge in [0.25, 0.3) is 5.56 Å². The Kier molecular flexibility index (Phi) is 6.09. The summed E-state index contributed by atoms with van der Waals surface area (Å²) in [6.45, 7) is 8.38. The normalized spacial score (nSPS) is 11.9. The fourth-order valence-electron chi connectivity index (χ4n) is 2.78. The monoisotopic (exact) mass is 378 g/mol. The molecule has 2 heterocycles. The Morgan fingerprint density at radius 1 is 1.14 bits per heavy atom. The number of para-hydroxylation sites is 1. The summed E-state index contributed by atoms with van der Waals surface area (Å²) in [5.74, 6) is 2.19. The average molecular weight is 378 g/mol. The predicted octanol–water partition coefficient (Wildman–Crippen LogP) is 4.03. The molecule has 0 amide bonds. The van der Waals surface area contributed by atoms with E-state index >= 15 is 0 Å². The van der Waals surface area contributed by atoms with Crippen molar-refractivity contribution in [3.63, 3.8) is 0 Å². The molecule has 0 aliphatic heterocycles. The molecule has 1 unspecified atom stereocenters. The number of benzene rings is 1. The number of anilines is 1. The molecule has 2 N–H and O–H groups in total. The number of ether oxygens (including phenoxy) is 1. The number of nitrogens with zero attached hydrogens (tertiary/aromatic N) is 2. The molecule has 28 heavy (non-hydrogen) atoms. The van der Waals surface area contributed by atoms with Crippen LogP contribution in [0.3, 0.4) is 0 Å². The molecule has 0 aliphatic rings. The van der Waals surface area contributed by atoms with Crippen LogP contribution in [0.4, 0.5) is 5.82 Å². The van der Waals surface area contributed by atoms with Gasteiger partial charge in [-0.3, -0.25) is 4.79 Å². The highest BCUT2D eigenvalue weighted by Gasteiger charge is 2.11. The third-order valence-electron chi connectivity index (χ3n) is 4.79. The lowest BCUT2D eigenvalue weighted by molar-refractivity contribution is 0.208. The first-order chi connectivity index (χ1) is 13.5. The van der Waals surface area contributed by atoms with E-state index < -0.39 is 0 Å². The molecule has 0 bridgehead atoms. The zero-order valence-electron chi connectivity index (χ0n) is 16.7. The maximum absolute atomic E-state index is 11.9. The highest BCUT2D eigenvalue weighted by molar-refractivity contribution is 5.56. The van der Waals surface area contributed by atoms with Crippen molar-refractivity contribution in [1.82, 2.24) is 15.0 Å². The van der Waals surface area contributed by atoms with E-state index in [0.717, 1.165) is 34.8 Å². The van der Waals surface area contributed by atoms with Gasteiger partial charge in [-0.15, -0.1) is 0 Å². The van der Waals surface area contributed by atoms with Gasteiger partial charge in [-0.05, 0) is 51.0 Å². The highest BCUT2D eigenvalue weighted by Crippen LogP contribution is 2.19. The molecule has 146 valence electrons. The lowest BCUT2D eigenvalue weighted by atomic mass is 10.2. The fourth-order valence-corrected chi connectivity index (χ4v) is 2.78. The molecular formula is C22H26N4O2. The Hall–Kier alpha value is -3.15. The second-order valence-corrected chi connectivity index (χ2v) is 6.85. The Bertz CT molecular complexity index is 996. The first-order valence-electron chi connectivity index (χ1n) is 9.48. The van der Waals surface area contributed by atoms with Crippen molar-refractivity contribution in [2.24, 2.45) is 0 Å². The van der Waals surface area contributed by atoms with Crippen LogP contribution in [0.15, 0.2) is 47.4 Å². The Morgan fingerprint density at radius 2 is 1.93 bits per heavy atom. The van der Waals surface area contributed by atoms with E-state index in [4.69, 9.17) is 4.74 Å². The quantitative estimate of drug-likeness (QED) is 0.649. The zero-order chi connectivity index (χ0) is 20.1. The molecule has 0 radical (unpaired) electrons. The molecule has 0 fully saturated rings. The van der Waals surface area contributed by atoms with Crippen molar-refractivity contribution >= 4 is 5.82 Å². The molecule has 6 heteroatoms. The van der Waals surface area contributed by atoms with Crippen molar-refractivity contribution in [2.75, 3.05) is 11.9 Å². The van der Waals surface area contributed by atoms with Crippen LogP contribution in [0.2, 0.25) is 0 Å². The maximum Gasteiger partial charge on any atom is 0.254 e. The van der Waals surface area contributed by atoms with Crippen LogP contribution in [-0.2, 0) is 0 Å². The Labute approximate surface area is 165 Å². The number of aromatic amines is 1. The van der Waals surface area contributed by atoms with Crippen molar-refractivity contribution in [3.8, 4) is 17.1 Å². The topological polar surface area (TPSA) is 79.9 Å². The third kappa shape index (κ3) is 4.57. The summed E-state index contributed by atoms with van der Waals surface area (Å²) >= 11 is 0. The first kappa shape index (κ1) is 19.6. The Morgan fingerprint density at radius 3 is 2.57 bits per heavy atom. The second kappa shape index (κ2) is 8.69. The van der Waals surface area contributed by atoms with Crippen LogP contribution < -0.4 is 15.6 Å². The molecule has 0 spiro atoms. The van der Waals surface area contributed by atoms with Gasteiger partial charge >= 0.3 is 0 Å². The average Bonchev–Trinajstić information content (AvgIpc) is 2.70. The second-order valence-electron chi connectivity index (χ2n) is 6.85. The number of aromatic nitrogens is 3. The minimum Gasteiger partial charge on any atom is -0.488 e. The third-order valence-corrected chi connectivity index (χ3v) is 4.79. The maximum atomic E-state index is 11.9. The van der Waals surface area contributed by atoms with Gasteiger partial charge < -0.3 is 15.0 Å². The summed E-state index contributed by atoms with van der Waals surface area (Å²) in [5, 5.41) is 3.32. The predicted molar refractivity (Wildman–Crippen MR) is 112 cm³/mol. The molecule has 1 atom stereocenters. The van der Waals surface area contributed by atoms with E-state index in [9.17, 15) is 4.79 Å². The molecule has 0 saturated heterocycles. The summed E-state index contributed by atoms with van der Waals surface area (Å²) in [7, 11) is 0. The lowest BCUT2D eigenvalue weighted by Crippen LogP contribution is -2.26. The van der Waals surface area contributed by atoms with E-state index in [1.165, 1.54) is 0 Å². The van der Waals surface area contributed by atoms with E-state index in [1.807, 2.05) is 50.2 Å². The first-order valence-corrected chi connectivity index (χ1v) is 9.48. The number of H-pyrrole nitrogens is 1. The van der Waals surface area contributed by atoms with Crippen LogP contribution in [0.5, 0.6) is 5.75 Å². The van der Waals surface area contributed by atoms with E-state index in [2.05, 4.69) is 27.2 Å². The SMILES string of the molecule is CCC(CNc1ccc(-c2nc(C)c(C)c(=O)[nH]2)cn1)Oc1ccccc1C. The van der Waals surface area contributed by atoms with E-state index in [1.54, 1.807) is 13.1 Å². The molecule has 3 rings (SSSR count). The van der Waals surface area contributed by atoms with E-state index in [-0.39, 0.29) is 11.7 Å². The summed E-state index contributed by atoms with van der Waals surface area (Å²) in [6, 6.07) is 11.8. The molecule has 6 nitrogen and oxygen atoms in total. The number of rotatable bonds is 7. The molecule has 0 aliphatic carbocycles. The van der Waals surface area contributed by atoms with Crippen LogP contribution in [0.25, 0.3) is 11.4 Å². The molecular weight excluding hydrogens is 352 g/mol. The van der Waals surface area contributed by atoms with Gasteiger partial charge in [-0.1, -0.05) is 25.1 Å². The lowest BCUT2D eigenvalue weighted by Gasteiger charge is -2.19. The van der Waals surface area contributed by atoms with Gasteiger partial charge in [0.15, 0.2) is 0 Å². The minimum atomic E-state index is -0.121. The number of aryl methyl sites for hydroxylation is 2. The Balaban J connectivity index is 1.65. The number of hydrogen-bond donors (Lipinski definition) is 2. The number of hydrogen-bond acceptors (Lipinski definition) is 5. The standard InChI is InChI=1S/C22H26N4O2/c1-5-18(28-19-9-7-6-8-14(19)2)13-24-20-11-10-17(12-23-20)21-25-16(4)15(3)22(27)26-21/h6-12,18H,5,13H2,1-4H3,(H,23,24)(H,25,26,27). The highest BCUT2D eigenvalue weighted by atomic mass is 16.5. The van der Waals surface area contributed by atoms with Gasteiger partial charge in [-0.25, -0.2) is 9.97 Å². The van der Waals surface area contributed by atoms with Crippen LogP contribution in [-0.4, -0.2) is 27.6 Å². The zero-order valence-corrected chi connectivity index (χ0v) is 16.7. The van der Waals surface area contributed by atoms with Crippen molar-refractivity contribution in [3.05, 3.63) is 69.8 Å². The van der Waals surface area contributed by atoms with Crippen molar-refractivity contribution < 1.29 is 4.74 Å². The number of nitrogens with one attached hydrogen (secondary N) is 2. The van der Waals surface area contributed by atoms with Crippen molar-refractivity contribution in [1.29, 1.82) is 0 Å². The number of pyridine rings is 1. The van der Waals surface area contributed by atoms with Crippen molar-refractivity contribution in [2.45, 2.75) is 40.2 Å². The molecule has 1 aromatic carbocycles. The summed E-state index contributed by atoms with van der Waals surface area (Å²) < 4.78 is 6.11. The molecule has 2 aromatic heterocycles. The summed E-state index contributed by atoms with van der Waals surface area (Å²) in [5.41, 5.74) is 3.13. The van der Waals surface area contributed by atoms with Gasteiger partial charge in [0.1, 0.15) is 23.5 Å². The largest absolute Gasteiger partial charge is 0.488 e. The van der Waals surface area contributed by atoms with Crippen LogP contribution in [0.1, 0.15) is 30.2 Å². The van der Waals surface area contributed by atoms with Gasteiger partial charge in [0, 0.05) is 23.0 Å². The van der Waals surface area contributed by atoms with Crippen LogP contribution in [0, 0.1) is 20.8 Å². The van der Waals surface area contributed by atoms with E-state index in [0.29, 0.717) is 17.9 Å². The van der Waals surface area contributed by atoms with Gasteiger partial charge in [-0.2, -0.15) is 0 Å². The molecule has 3 aromatic rings. The summed E-state index contributed by atoms with van der Waals surface area (Å²) in [6.07, 6.45) is 2.63. The minimum absolute atomic E-state index is 0.0420. The van der Waals surface area contributed by atoms with Crippen LogP contribution >= 0.6 is 0 Å². The van der Waals surface area contributed by atoms with Gasteiger partial charge in [0.2, 0.25) is 0 Å². The summed E-state index contributed by atoms with van der Waals surface area (Å²) in [4.78, 5) is 23.6. The smallest absolute Gasteiger partial charge is 0.254 e. The van der Waals surface area contributed by atoms with Gasteiger partial charge in [0.05, 0.1) is 6.54 Å². The fraction of sp³-hybridized carbons (Fsp3) is 0.318.